The van der Waals surface area contributed by atoms with Crippen molar-refractivity contribution in [3.8, 4) is 11.1 Å². The minimum absolute atomic E-state index is 0.224. The van der Waals surface area contributed by atoms with E-state index in [1.54, 1.807) is 18.3 Å². The fourth-order valence-corrected chi connectivity index (χ4v) is 2.66. The summed E-state index contributed by atoms with van der Waals surface area (Å²) in [6.45, 7) is 0. The van der Waals surface area contributed by atoms with Gasteiger partial charge in [-0.15, -0.1) is 0 Å². The summed E-state index contributed by atoms with van der Waals surface area (Å²) in [5, 5.41) is 2.16. The molecule has 0 saturated carbocycles. The van der Waals surface area contributed by atoms with Crippen LogP contribution >= 0.6 is 22.6 Å². The Labute approximate surface area is 118 Å². The van der Waals surface area contributed by atoms with Crippen molar-refractivity contribution >= 4 is 33.4 Å². The van der Waals surface area contributed by atoms with E-state index < -0.39 is 0 Å². The molecule has 0 aliphatic heterocycles. The molecule has 0 fully saturated rings. The van der Waals surface area contributed by atoms with E-state index >= 15 is 0 Å². The molecule has 0 radical (unpaired) electrons. The van der Waals surface area contributed by atoms with Gasteiger partial charge in [0, 0.05) is 32.5 Å². The number of fused-ring (bicyclic) bond motifs is 1. The Morgan fingerprint density at radius 1 is 0.944 bits per heavy atom. The van der Waals surface area contributed by atoms with Gasteiger partial charge in [-0.2, -0.15) is 0 Å². The average molecular weight is 349 g/mol. The molecule has 3 aromatic rings. The predicted molar refractivity (Wildman–Crippen MR) is 79.9 cm³/mol. The van der Waals surface area contributed by atoms with Gasteiger partial charge in [-0.25, -0.2) is 4.39 Å². The highest BCUT2D eigenvalue weighted by atomic mass is 127. The van der Waals surface area contributed by atoms with Crippen LogP contribution in [0.25, 0.3) is 21.9 Å². The van der Waals surface area contributed by atoms with Crippen molar-refractivity contribution in [2.24, 2.45) is 0 Å². The summed E-state index contributed by atoms with van der Waals surface area (Å²) in [5.74, 6) is -0.224. The van der Waals surface area contributed by atoms with Gasteiger partial charge in [0.25, 0.3) is 0 Å². The van der Waals surface area contributed by atoms with Gasteiger partial charge in [-0.05, 0) is 46.2 Å². The molecule has 2 aromatic carbocycles. The second kappa shape index (κ2) is 4.65. The molecule has 0 saturated heterocycles. The van der Waals surface area contributed by atoms with E-state index in [0.29, 0.717) is 0 Å². The molecule has 0 aliphatic carbocycles. The first-order chi connectivity index (χ1) is 8.75. The lowest BCUT2D eigenvalue weighted by Crippen LogP contribution is -1.88. The normalized spacial score (nSPS) is 10.8. The predicted octanol–water partition coefficient (Wildman–Crippen LogP) is 4.65. The third-order valence-electron chi connectivity index (χ3n) is 2.89. The molecule has 0 amide bonds. The second-order valence-corrected chi connectivity index (χ2v) is 5.19. The minimum atomic E-state index is -0.224. The van der Waals surface area contributed by atoms with Crippen LogP contribution in [0.2, 0.25) is 0 Å². The minimum Gasteiger partial charge on any atom is -0.263 e. The molecule has 0 bridgehead atoms. The maximum absolute atomic E-state index is 13.4. The first-order valence-electron chi connectivity index (χ1n) is 5.54. The topological polar surface area (TPSA) is 12.9 Å². The van der Waals surface area contributed by atoms with Crippen LogP contribution in [-0.2, 0) is 0 Å². The molecule has 1 heterocycles. The lowest BCUT2D eigenvalue weighted by molar-refractivity contribution is 0.628. The first-order valence-corrected chi connectivity index (χ1v) is 6.62. The molecule has 0 unspecified atom stereocenters. The fourth-order valence-electron chi connectivity index (χ4n) is 2.04. The average Bonchev–Trinajstić information content (AvgIpc) is 2.41. The number of hydrogen-bond donors (Lipinski definition) is 0. The second-order valence-electron chi connectivity index (χ2n) is 4.03. The van der Waals surface area contributed by atoms with Crippen molar-refractivity contribution in [2.75, 3.05) is 0 Å². The zero-order valence-corrected chi connectivity index (χ0v) is 11.6. The van der Waals surface area contributed by atoms with Crippen molar-refractivity contribution < 1.29 is 4.39 Å². The summed E-state index contributed by atoms with van der Waals surface area (Å²) in [5.41, 5.74) is 1.86. The highest BCUT2D eigenvalue weighted by Gasteiger charge is 2.08. The van der Waals surface area contributed by atoms with Gasteiger partial charge in [-0.3, -0.25) is 4.98 Å². The molecule has 0 aliphatic rings. The van der Waals surface area contributed by atoms with Gasteiger partial charge in [0.1, 0.15) is 5.82 Å². The smallest absolute Gasteiger partial charge is 0.123 e. The standard InChI is InChI=1S/C15H9FIN/c16-11-5-6-15(17)13(7-11)14-9-18-8-10-3-1-2-4-12(10)14/h1-9H. The van der Waals surface area contributed by atoms with Crippen LogP contribution in [0.15, 0.2) is 54.9 Å². The summed E-state index contributed by atoms with van der Waals surface area (Å²) in [6, 6.07) is 12.8. The van der Waals surface area contributed by atoms with Gasteiger partial charge < -0.3 is 0 Å². The first kappa shape index (κ1) is 11.6. The van der Waals surface area contributed by atoms with Crippen molar-refractivity contribution in [1.82, 2.24) is 4.98 Å². The molecule has 0 N–H and O–H groups in total. The molecule has 3 rings (SSSR count). The highest BCUT2D eigenvalue weighted by molar-refractivity contribution is 14.1. The number of aromatic nitrogens is 1. The fraction of sp³-hybridized carbons (Fsp3) is 0. The van der Waals surface area contributed by atoms with E-state index in [9.17, 15) is 4.39 Å². The molecule has 0 spiro atoms. The Hall–Kier alpha value is -1.49. The molecule has 1 aromatic heterocycles. The number of nitrogens with zero attached hydrogens (tertiary/aromatic N) is 1. The van der Waals surface area contributed by atoms with Crippen LogP contribution in [0.4, 0.5) is 4.39 Å². The Morgan fingerprint density at radius 2 is 1.78 bits per heavy atom. The van der Waals surface area contributed by atoms with Crippen molar-refractivity contribution in [3.05, 3.63) is 64.2 Å². The van der Waals surface area contributed by atoms with E-state index in [1.807, 2.05) is 30.5 Å². The van der Waals surface area contributed by atoms with Crippen LogP contribution in [0, 0.1) is 9.39 Å². The molecular weight excluding hydrogens is 340 g/mol. The largest absolute Gasteiger partial charge is 0.263 e. The maximum atomic E-state index is 13.4. The maximum Gasteiger partial charge on any atom is 0.123 e. The third-order valence-corrected chi connectivity index (χ3v) is 3.83. The quantitative estimate of drug-likeness (QED) is 0.583. The monoisotopic (exact) mass is 349 g/mol. The zero-order valence-electron chi connectivity index (χ0n) is 9.40. The molecule has 0 atom stereocenters. The number of pyridine rings is 1. The van der Waals surface area contributed by atoms with E-state index in [1.165, 1.54) is 6.07 Å². The van der Waals surface area contributed by atoms with Gasteiger partial charge in [0.05, 0.1) is 0 Å². The van der Waals surface area contributed by atoms with Gasteiger partial charge in [0.2, 0.25) is 0 Å². The lowest BCUT2D eigenvalue weighted by Gasteiger charge is -2.08. The molecule has 1 nitrogen and oxygen atoms in total. The van der Waals surface area contributed by atoms with Crippen molar-refractivity contribution in [3.63, 3.8) is 0 Å². The van der Waals surface area contributed by atoms with Crippen LogP contribution < -0.4 is 0 Å². The number of rotatable bonds is 1. The number of hydrogen-bond acceptors (Lipinski definition) is 1. The summed E-state index contributed by atoms with van der Waals surface area (Å²) in [7, 11) is 0. The summed E-state index contributed by atoms with van der Waals surface area (Å²) < 4.78 is 14.4. The molecule has 88 valence electrons. The summed E-state index contributed by atoms with van der Waals surface area (Å²) in [6.07, 6.45) is 3.62. The van der Waals surface area contributed by atoms with Crippen LogP contribution in [0.5, 0.6) is 0 Å². The summed E-state index contributed by atoms with van der Waals surface area (Å²) in [4.78, 5) is 4.23. The van der Waals surface area contributed by atoms with Crippen molar-refractivity contribution in [1.29, 1.82) is 0 Å². The van der Waals surface area contributed by atoms with E-state index in [-0.39, 0.29) is 5.82 Å². The Morgan fingerprint density at radius 3 is 2.67 bits per heavy atom. The summed E-state index contributed by atoms with van der Waals surface area (Å²) >= 11 is 2.22. The van der Waals surface area contributed by atoms with Gasteiger partial charge >= 0.3 is 0 Å². The van der Waals surface area contributed by atoms with Gasteiger partial charge in [0.15, 0.2) is 0 Å². The molecule has 18 heavy (non-hydrogen) atoms. The lowest BCUT2D eigenvalue weighted by atomic mass is 10.0. The van der Waals surface area contributed by atoms with E-state index in [2.05, 4.69) is 27.6 Å². The Bertz CT molecular complexity index is 719. The Kier molecular flexibility index (Phi) is 2.99. The Balaban J connectivity index is 2.35. The number of halogens is 2. The molecule has 3 heteroatoms. The molecular formula is C15H9FIN. The van der Waals surface area contributed by atoms with E-state index in [4.69, 9.17) is 0 Å². The van der Waals surface area contributed by atoms with E-state index in [0.717, 1.165) is 25.5 Å². The van der Waals surface area contributed by atoms with Crippen molar-refractivity contribution in [2.45, 2.75) is 0 Å². The number of benzene rings is 2. The van der Waals surface area contributed by atoms with Gasteiger partial charge in [-0.1, -0.05) is 24.3 Å². The SMILES string of the molecule is Fc1ccc(I)c(-c2cncc3ccccc23)c1. The zero-order chi connectivity index (χ0) is 12.5. The van der Waals surface area contributed by atoms with Crippen LogP contribution in [-0.4, -0.2) is 4.98 Å². The van der Waals surface area contributed by atoms with Crippen LogP contribution in [0.1, 0.15) is 0 Å². The highest BCUT2D eigenvalue weighted by Crippen LogP contribution is 2.31. The third kappa shape index (κ3) is 1.99. The van der Waals surface area contributed by atoms with Crippen LogP contribution in [0.3, 0.4) is 0 Å².